The van der Waals surface area contributed by atoms with Crippen LogP contribution in [0.2, 0.25) is 0 Å². The van der Waals surface area contributed by atoms with E-state index in [9.17, 15) is 17.6 Å². The number of halogens is 4. The molecule has 1 aliphatic rings. The van der Waals surface area contributed by atoms with Gasteiger partial charge in [-0.05, 0) is 30.2 Å². The van der Waals surface area contributed by atoms with E-state index >= 15 is 0 Å². The van der Waals surface area contributed by atoms with Gasteiger partial charge in [0.25, 0.3) is 0 Å². The molecule has 1 N–H and O–H groups in total. The Bertz CT molecular complexity index is 482. The van der Waals surface area contributed by atoms with Gasteiger partial charge < -0.3 is 5.32 Å². The molecule has 1 saturated heterocycles. The van der Waals surface area contributed by atoms with Crippen molar-refractivity contribution in [2.75, 3.05) is 26.2 Å². The van der Waals surface area contributed by atoms with Crippen LogP contribution in [0, 0.1) is 5.82 Å². The zero-order chi connectivity index (χ0) is 16.2. The summed E-state index contributed by atoms with van der Waals surface area (Å²) >= 11 is 0. The van der Waals surface area contributed by atoms with Crippen molar-refractivity contribution in [2.45, 2.75) is 38.4 Å². The van der Waals surface area contributed by atoms with E-state index in [1.807, 2.05) is 11.8 Å². The van der Waals surface area contributed by atoms with E-state index in [0.717, 1.165) is 44.1 Å². The van der Waals surface area contributed by atoms with Gasteiger partial charge in [-0.3, -0.25) is 4.90 Å². The highest BCUT2D eigenvalue weighted by Gasteiger charge is 2.36. The summed E-state index contributed by atoms with van der Waals surface area (Å²) in [6, 6.07) is 2.44. The fourth-order valence-corrected chi connectivity index (χ4v) is 2.99. The van der Waals surface area contributed by atoms with Gasteiger partial charge in [0, 0.05) is 32.2 Å². The maximum atomic E-state index is 13.6. The fourth-order valence-electron chi connectivity index (χ4n) is 2.99. The normalized spacial score (nSPS) is 18.4. The van der Waals surface area contributed by atoms with Crippen molar-refractivity contribution >= 4 is 0 Å². The highest BCUT2D eigenvalue weighted by atomic mass is 19.4. The van der Waals surface area contributed by atoms with Crippen molar-refractivity contribution in [3.63, 3.8) is 0 Å². The molecule has 0 radical (unpaired) electrons. The third kappa shape index (κ3) is 4.20. The second-order valence-corrected chi connectivity index (χ2v) is 5.67. The van der Waals surface area contributed by atoms with Crippen LogP contribution in [0.25, 0.3) is 0 Å². The first-order valence-electron chi connectivity index (χ1n) is 7.75. The Balaban J connectivity index is 2.38. The summed E-state index contributed by atoms with van der Waals surface area (Å²) in [7, 11) is 0. The quantitative estimate of drug-likeness (QED) is 0.826. The molecular formula is C16H22F4N2. The average Bonchev–Trinajstić information content (AvgIpc) is 2.47. The van der Waals surface area contributed by atoms with Gasteiger partial charge in [-0.15, -0.1) is 0 Å². The molecule has 0 saturated carbocycles. The van der Waals surface area contributed by atoms with E-state index in [2.05, 4.69) is 5.32 Å². The molecule has 6 heteroatoms. The summed E-state index contributed by atoms with van der Waals surface area (Å²) in [6.45, 7) is 4.87. The van der Waals surface area contributed by atoms with E-state index < -0.39 is 17.6 Å². The maximum Gasteiger partial charge on any atom is 0.416 e. The molecule has 1 fully saturated rings. The predicted octanol–water partition coefficient (Wildman–Crippen LogP) is 3.98. The molecule has 0 bridgehead atoms. The molecule has 2 rings (SSSR count). The van der Waals surface area contributed by atoms with Crippen molar-refractivity contribution in [1.82, 2.24) is 10.2 Å². The molecule has 2 nitrogen and oxygen atoms in total. The number of rotatable bonds is 5. The summed E-state index contributed by atoms with van der Waals surface area (Å²) < 4.78 is 53.4. The molecule has 0 amide bonds. The van der Waals surface area contributed by atoms with E-state index in [1.165, 1.54) is 0 Å². The highest BCUT2D eigenvalue weighted by molar-refractivity contribution is 5.33. The number of benzene rings is 1. The Morgan fingerprint density at radius 2 is 1.91 bits per heavy atom. The molecule has 22 heavy (non-hydrogen) atoms. The Kier molecular flexibility index (Phi) is 5.81. The lowest BCUT2D eigenvalue weighted by Crippen LogP contribution is -2.45. The third-order valence-electron chi connectivity index (χ3n) is 4.10. The molecule has 1 aliphatic heterocycles. The minimum Gasteiger partial charge on any atom is -0.314 e. The zero-order valence-corrected chi connectivity index (χ0v) is 12.7. The number of nitrogens with zero attached hydrogens (tertiary/aromatic N) is 1. The Labute approximate surface area is 128 Å². The van der Waals surface area contributed by atoms with Crippen LogP contribution in [0.3, 0.4) is 0 Å². The van der Waals surface area contributed by atoms with Gasteiger partial charge in [-0.1, -0.05) is 19.8 Å². The van der Waals surface area contributed by atoms with Gasteiger partial charge in [-0.25, -0.2) is 4.39 Å². The largest absolute Gasteiger partial charge is 0.416 e. The third-order valence-corrected chi connectivity index (χ3v) is 4.10. The van der Waals surface area contributed by atoms with Crippen molar-refractivity contribution < 1.29 is 17.6 Å². The standard InChI is InChI=1S/C16H22F4N2/c1-2-3-4-15(22-9-7-21-8-10-22)13-11-12(17)5-6-14(13)16(18,19)20/h5-6,11,15,21H,2-4,7-10H2,1H3/t15-/m1/s1. The smallest absolute Gasteiger partial charge is 0.314 e. The summed E-state index contributed by atoms with van der Waals surface area (Å²) in [5, 5.41) is 3.20. The molecule has 1 atom stereocenters. The van der Waals surface area contributed by atoms with Gasteiger partial charge in [0.05, 0.1) is 5.56 Å². The average molecular weight is 318 g/mol. The second-order valence-electron chi connectivity index (χ2n) is 5.67. The first-order valence-corrected chi connectivity index (χ1v) is 7.75. The molecular weight excluding hydrogens is 296 g/mol. The van der Waals surface area contributed by atoms with Crippen LogP contribution in [0.5, 0.6) is 0 Å². The van der Waals surface area contributed by atoms with Crippen LogP contribution < -0.4 is 5.32 Å². The number of hydrogen-bond acceptors (Lipinski definition) is 2. The van der Waals surface area contributed by atoms with Gasteiger partial charge in [0.2, 0.25) is 0 Å². The predicted molar refractivity (Wildman–Crippen MR) is 78.1 cm³/mol. The van der Waals surface area contributed by atoms with E-state index in [1.54, 1.807) is 0 Å². The van der Waals surface area contributed by atoms with Crippen molar-refractivity contribution in [3.05, 3.63) is 35.1 Å². The summed E-state index contributed by atoms with van der Waals surface area (Å²) in [6.07, 6.45) is -2.12. The summed E-state index contributed by atoms with van der Waals surface area (Å²) in [4.78, 5) is 2.04. The van der Waals surface area contributed by atoms with E-state index in [4.69, 9.17) is 0 Å². The van der Waals surface area contributed by atoms with Crippen LogP contribution in [-0.2, 0) is 6.18 Å². The van der Waals surface area contributed by atoms with Crippen molar-refractivity contribution in [2.24, 2.45) is 0 Å². The van der Waals surface area contributed by atoms with Gasteiger partial charge in [0.1, 0.15) is 5.82 Å². The van der Waals surface area contributed by atoms with E-state index in [0.29, 0.717) is 19.5 Å². The summed E-state index contributed by atoms with van der Waals surface area (Å²) in [5.74, 6) is -0.611. The minimum atomic E-state index is -4.46. The number of unbranched alkanes of at least 4 members (excludes halogenated alkanes) is 1. The monoisotopic (exact) mass is 318 g/mol. The summed E-state index contributed by atoms with van der Waals surface area (Å²) in [5.41, 5.74) is -0.642. The first-order chi connectivity index (χ1) is 10.4. The van der Waals surface area contributed by atoms with Crippen molar-refractivity contribution in [1.29, 1.82) is 0 Å². The zero-order valence-electron chi connectivity index (χ0n) is 12.7. The lowest BCUT2D eigenvalue weighted by atomic mass is 9.94. The van der Waals surface area contributed by atoms with Gasteiger partial charge in [0.15, 0.2) is 0 Å². The molecule has 1 heterocycles. The molecule has 124 valence electrons. The number of hydrogen-bond donors (Lipinski definition) is 1. The first kappa shape index (κ1) is 17.2. The lowest BCUT2D eigenvalue weighted by Gasteiger charge is -2.36. The number of piperazine rings is 1. The van der Waals surface area contributed by atoms with Gasteiger partial charge >= 0.3 is 6.18 Å². The van der Waals surface area contributed by atoms with Crippen LogP contribution in [0.15, 0.2) is 18.2 Å². The molecule has 0 spiro atoms. The fraction of sp³-hybridized carbons (Fsp3) is 0.625. The molecule has 0 unspecified atom stereocenters. The molecule has 0 aliphatic carbocycles. The van der Waals surface area contributed by atoms with E-state index in [-0.39, 0.29) is 11.6 Å². The molecule has 1 aromatic rings. The van der Waals surface area contributed by atoms with Crippen LogP contribution in [-0.4, -0.2) is 31.1 Å². The van der Waals surface area contributed by atoms with Crippen molar-refractivity contribution in [3.8, 4) is 0 Å². The SMILES string of the molecule is CCCC[C@H](c1cc(F)ccc1C(F)(F)F)N1CCNCC1. The molecule has 0 aromatic heterocycles. The lowest BCUT2D eigenvalue weighted by molar-refractivity contribution is -0.138. The maximum absolute atomic E-state index is 13.6. The van der Waals surface area contributed by atoms with Crippen LogP contribution in [0.1, 0.15) is 43.4 Å². The number of nitrogens with one attached hydrogen (secondary N) is 1. The second kappa shape index (κ2) is 7.42. The minimum absolute atomic E-state index is 0.0721. The highest BCUT2D eigenvalue weighted by Crippen LogP contribution is 2.38. The Morgan fingerprint density at radius 1 is 1.23 bits per heavy atom. The molecule has 1 aromatic carbocycles. The topological polar surface area (TPSA) is 15.3 Å². The Hall–Kier alpha value is -1.14. The van der Waals surface area contributed by atoms with Gasteiger partial charge in [-0.2, -0.15) is 13.2 Å². The number of alkyl halides is 3. The van der Waals surface area contributed by atoms with Crippen LogP contribution >= 0.6 is 0 Å². The Morgan fingerprint density at radius 3 is 2.50 bits per heavy atom. The van der Waals surface area contributed by atoms with Crippen LogP contribution in [0.4, 0.5) is 17.6 Å².